The number of carbonyl (C=O) groups is 1. The Bertz CT molecular complexity index is 965. The first-order valence-electron chi connectivity index (χ1n) is 8.99. The second-order valence-electron chi connectivity index (χ2n) is 6.45. The van der Waals surface area contributed by atoms with E-state index in [1.165, 1.54) is 11.8 Å². The van der Waals surface area contributed by atoms with E-state index >= 15 is 0 Å². The van der Waals surface area contributed by atoms with Gasteiger partial charge >= 0.3 is 0 Å². The average Bonchev–Trinajstić information content (AvgIpc) is 3.07. The van der Waals surface area contributed by atoms with Gasteiger partial charge in [-0.25, -0.2) is 0 Å². The van der Waals surface area contributed by atoms with Gasteiger partial charge in [0.05, 0.1) is 5.75 Å². The molecule has 0 aliphatic rings. The lowest BCUT2D eigenvalue weighted by molar-refractivity contribution is -0.113. The van der Waals surface area contributed by atoms with E-state index in [1.807, 2.05) is 50.2 Å². The topological polar surface area (TPSA) is 59.8 Å². The Labute approximate surface area is 164 Å². The van der Waals surface area contributed by atoms with Crippen molar-refractivity contribution in [3.8, 4) is 11.4 Å². The Kier molecular flexibility index (Phi) is 5.96. The maximum Gasteiger partial charge on any atom is 0.234 e. The minimum Gasteiger partial charge on any atom is -0.325 e. The van der Waals surface area contributed by atoms with Crippen molar-refractivity contribution in [2.45, 2.75) is 39.4 Å². The van der Waals surface area contributed by atoms with Crippen LogP contribution in [-0.4, -0.2) is 26.4 Å². The minimum absolute atomic E-state index is 0.0446. The fourth-order valence-corrected chi connectivity index (χ4v) is 3.71. The lowest BCUT2D eigenvalue weighted by Gasteiger charge is -2.11. The maximum atomic E-state index is 12.4. The molecule has 27 heavy (non-hydrogen) atoms. The molecule has 1 N–H and O–H groups in total. The molecule has 1 heterocycles. The maximum absolute atomic E-state index is 12.4. The number of anilines is 1. The van der Waals surface area contributed by atoms with E-state index in [1.54, 1.807) is 0 Å². The molecule has 1 amide bonds. The van der Waals surface area contributed by atoms with Crippen LogP contribution in [0.1, 0.15) is 23.6 Å². The molecule has 0 spiro atoms. The van der Waals surface area contributed by atoms with Crippen LogP contribution in [0.15, 0.2) is 47.6 Å². The highest BCUT2D eigenvalue weighted by Gasteiger charge is 2.16. The van der Waals surface area contributed by atoms with Gasteiger partial charge in [0.15, 0.2) is 11.0 Å². The standard InChI is InChI=1S/C21H24N4OS/c1-5-25-20(17-11-7-6-9-15(17)3)23-24-21(25)27-13-19(26)22-18-12-8-10-14(2)16(18)4/h6-12H,5,13H2,1-4H3,(H,22,26). The van der Waals surface area contributed by atoms with Gasteiger partial charge in [-0.3, -0.25) is 4.79 Å². The number of aromatic nitrogens is 3. The number of nitrogens with zero attached hydrogens (tertiary/aromatic N) is 3. The first-order valence-corrected chi connectivity index (χ1v) is 9.98. The van der Waals surface area contributed by atoms with Crippen molar-refractivity contribution in [3.05, 3.63) is 59.2 Å². The molecule has 0 saturated heterocycles. The van der Waals surface area contributed by atoms with Gasteiger partial charge in [-0.15, -0.1) is 10.2 Å². The molecule has 1 aromatic heterocycles. The number of thioether (sulfide) groups is 1. The summed E-state index contributed by atoms with van der Waals surface area (Å²) in [6, 6.07) is 14.0. The molecule has 0 bridgehead atoms. The van der Waals surface area contributed by atoms with Gasteiger partial charge in [-0.2, -0.15) is 0 Å². The smallest absolute Gasteiger partial charge is 0.234 e. The quantitative estimate of drug-likeness (QED) is 0.634. The average molecular weight is 381 g/mol. The third kappa shape index (κ3) is 4.22. The number of nitrogens with one attached hydrogen (secondary N) is 1. The van der Waals surface area contributed by atoms with Crippen LogP contribution >= 0.6 is 11.8 Å². The van der Waals surface area contributed by atoms with Crippen molar-refractivity contribution in [3.63, 3.8) is 0 Å². The molecule has 5 nitrogen and oxygen atoms in total. The predicted octanol–water partition coefficient (Wildman–Crippen LogP) is 4.62. The number of benzene rings is 2. The summed E-state index contributed by atoms with van der Waals surface area (Å²) in [5.74, 6) is 1.09. The molecule has 0 radical (unpaired) electrons. The molecule has 3 aromatic rings. The third-order valence-corrected chi connectivity index (χ3v) is 5.60. The molecule has 0 atom stereocenters. The molecule has 0 fully saturated rings. The molecule has 0 saturated carbocycles. The molecule has 0 unspecified atom stereocenters. The second-order valence-corrected chi connectivity index (χ2v) is 7.39. The molecule has 140 valence electrons. The van der Waals surface area contributed by atoms with Crippen LogP contribution in [0.25, 0.3) is 11.4 Å². The number of hydrogen-bond acceptors (Lipinski definition) is 4. The Balaban J connectivity index is 1.72. The fourth-order valence-electron chi connectivity index (χ4n) is 2.91. The van der Waals surface area contributed by atoms with E-state index in [0.29, 0.717) is 5.75 Å². The van der Waals surface area contributed by atoms with Crippen molar-refractivity contribution < 1.29 is 4.79 Å². The Hall–Kier alpha value is -2.60. The van der Waals surface area contributed by atoms with Gasteiger partial charge in [0.25, 0.3) is 0 Å². The molecular formula is C21H24N4OS. The van der Waals surface area contributed by atoms with Gasteiger partial charge in [-0.05, 0) is 50.5 Å². The van der Waals surface area contributed by atoms with E-state index in [4.69, 9.17) is 0 Å². The lowest BCUT2D eigenvalue weighted by atomic mass is 10.1. The largest absolute Gasteiger partial charge is 0.325 e. The number of hydrogen-bond donors (Lipinski definition) is 1. The zero-order valence-corrected chi connectivity index (χ0v) is 16.9. The van der Waals surface area contributed by atoms with E-state index < -0.39 is 0 Å². The Morgan fingerprint density at radius 1 is 1.04 bits per heavy atom. The molecule has 6 heteroatoms. The normalized spacial score (nSPS) is 10.8. The highest BCUT2D eigenvalue weighted by molar-refractivity contribution is 7.99. The summed E-state index contributed by atoms with van der Waals surface area (Å²) in [5.41, 5.74) is 5.34. The zero-order chi connectivity index (χ0) is 19.4. The van der Waals surface area contributed by atoms with Crippen molar-refractivity contribution >= 4 is 23.4 Å². The van der Waals surface area contributed by atoms with Crippen LogP contribution in [0.5, 0.6) is 0 Å². The summed E-state index contributed by atoms with van der Waals surface area (Å²) in [7, 11) is 0. The highest BCUT2D eigenvalue weighted by Crippen LogP contribution is 2.26. The van der Waals surface area contributed by atoms with E-state index in [0.717, 1.165) is 45.5 Å². The van der Waals surface area contributed by atoms with Crippen molar-refractivity contribution in [1.29, 1.82) is 0 Å². The number of carbonyl (C=O) groups excluding carboxylic acids is 1. The Morgan fingerprint density at radius 2 is 1.78 bits per heavy atom. The molecule has 0 aliphatic heterocycles. The minimum atomic E-state index is -0.0446. The second kappa shape index (κ2) is 8.39. The first kappa shape index (κ1) is 19.2. The molecular weight excluding hydrogens is 356 g/mol. The van der Waals surface area contributed by atoms with Crippen LogP contribution in [0.3, 0.4) is 0 Å². The van der Waals surface area contributed by atoms with Crippen molar-refractivity contribution in [1.82, 2.24) is 14.8 Å². The van der Waals surface area contributed by atoms with Crippen LogP contribution in [-0.2, 0) is 11.3 Å². The summed E-state index contributed by atoms with van der Waals surface area (Å²) in [4.78, 5) is 12.4. The van der Waals surface area contributed by atoms with Crippen LogP contribution < -0.4 is 5.32 Å². The van der Waals surface area contributed by atoms with Gasteiger partial charge in [0, 0.05) is 17.8 Å². The van der Waals surface area contributed by atoms with Gasteiger partial charge < -0.3 is 9.88 Å². The zero-order valence-electron chi connectivity index (χ0n) is 16.1. The lowest BCUT2D eigenvalue weighted by Crippen LogP contribution is -2.15. The fraction of sp³-hybridized carbons (Fsp3) is 0.286. The summed E-state index contributed by atoms with van der Waals surface area (Å²) in [5, 5.41) is 12.4. The monoisotopic (exact) mass is 380 g/mol. The van der Waals surface area contributed by atoms with Crippen LogP contribution in [0.2, 0.25) is 0 Å². The predicted molar refractivity (Wildman–Crippen MR) is 111 cm³/mol. The number of amides is 1. The SMILES string of the molecule is CCn1c(SCC(=O)Nc2cccc(C)c2C)nnc1-c1ccccc1C. The number of rotatable bonds is 6. The van der Waals surface area contributed by atoms with E-state index in [-0.39, 0.29) is 5.91 Å². The molecule has 0 aliphatic carbocycles. The van der Waals surface area contributed by atoms with Crippen molar-refractivity contribution in [2.75, 3.05) is 11.1 Å². The van der Waals surface area contributed by atoms with Gasteiger partial charge in [-0.1, -0.05) is 48.2 Å². The van der Waals surface area contributed by atoms with Crippen LogP contribution in [0.4, 0.5) is 5.69 Å². The van der Waals surface area contributed by atoms with E-state index in [9.17, 15) is 4.79 Å². The summed E-state index contributed by atoms with van der Waals surface area (Å²) in [6.45, 7) is 8.92. The Morgan fingerprint density at radius 3 is 2.52 bits per heavy atom. The first-order chi connectivity index (χ1) is 13.0. The van der Waals surface area contributed by atoms with Crippen molar-refractivity contribution in [2.24, 2.45) is 0 Å². The van der Waals surface area contributed by atoms with Gasteiger partial charge in [0.2, 0.25) is 5.91 Å². The molecule has 3 rings (SSSR count). The highest BCUT2D eigenvalue weighted by atomic mass is 32.2. The summed E-state index contributed by atoms with van der Waals surface area (Å²) >= 11 is 1.41. The molecule has 2 aromatic carbocycles. The summed E-state index contributed by atoms with van der Waals surface area (Å²) < 4.78 is 2.05. The van der Waals surface area contributed by atoms with Gasteiger partial charge in [0.1, 0.15) is 0 Å². The summed E-state index contributed by atoms with van der Waals surface area (Å²) in [6.07, 6.45) is 0. The number of aryl methyl sites for hydroxylation is 2. The van der Waals surface area contributed by atoms with Crippen LogP contribution in [0, 0.1) is 20.8 Å². The van der Waals surface area contributed by atoms with E-state index in [2.05, 4.69) is 40.0 Å². The third-order valence-electron chi connectivity index (χ3n) is 4.63.